The van der Waals surface area contributed by atoms with E-state index in [-0.39, 0.29) is 6.61 Å². The Kier molecular flexibility index (Phi) is 8.19. The van der Waals surface area contributed by atoms with Crippen LogP contribution < -0.4 is 15.4 Å². The van der Waals surface area contributed by atoms with Crippen molar-refractivity contribution in [1.82, 2.24) is 15.6 Å². The van der Waals surface area contributed by atoms with Crippen LogP contribution in [0.2, 0.25) is 0 Å². The molecule has 0 aliphatic rings. The van der Waals surface area contributed by atoms with Crippen molar-refractivity contribution in [3.8, 4) is 5.75 Å². The van der Waals surface area contributed by atoms with Crippen molar-refractivity contribution >= 4 is 10.9 Å². The highest BCUT2D eigenvalue weighted by Gasteiger charge is 2.35. The van der Waals surface area contributed by atoms with E-state index in [1.165, 1.54) is 22.3 Å². The lowest BCUT2D eigenvalue weighted by Gasteiger charge is -2.37. The van der Waals surface area contributed by atoms with E-state index in [4.69, 9.17) is 4.74 Å². The van der Waals surface area contributed by atoms with Crippen molar-refractivity contribution in [3.63, 3.8) is 0 Å². The Morgan fingerprint density at radius 1 is 0.816 bits per heavy atom. The summed E-state index contributed by atoms with van der Waals surface area (Å²) < 4.78 is 5.87. The maximum atomic E-state index is 10.0. The van der Waals surface area contributed by atoms with Crippen LogP contribution in [0.15, 0.2) is 115 Å². The number of rotatable bonds is 12. The normalized spacial score (nSPS) is 12.5. The molecule has 0 aliphatic carbocycles. The number of nitrogens with one attached hydrogen (secondary N) is 3. The third-order valence-electron chi connectivity index (χ3n) is 7.03. The van der Waals surface area contributed by atoms with Crippen LogP contribution in [0.4, 0.5) is 0 Å². The summed E-state index contributed by atoms with van der Waals surface area (Å²) in [5.74, 6) is 0.758. The molecule has 0 saturated heterocycles. The number of fused-ring (bicyclic) bond motifs is 1. The molecule has 5 nitrogen and oxygen atoms in total. The van der Waals surface area contributed by atoms with E-state index in [1.54, 1.807) is 0 Å². The second-order valence-electron chi connectivity index (χ2n) is 9.57. The molecule has 4 aromatic carbocycles. The van der Waals surface area contributed by atoms with E-state index in [0.717, 1.165) is 29.6 Å². The minimum Gasteiger partial charge on any atom is -0.491 e. The highest BCUT2D eigenvalue weighted by Crippen LogP contribution is 2.37. The Morgan fingerprint density at radius 2 is 1.39 bits per heavy atom. The number of aromatic nitrogens is 1. The molecule has 5 aromatic rings. The number of benzene rings is 4. The molecular weight excluding hydrogens is 470 g/mol. The van der Waals surface area contributed by atoms with E-state index in [9.17, 15) is 5.11 Å². The fourth-order valence-corrected chi connectivity index (χ4v) is 5.20. The van der Waals surface area contributed by atoms with Gasteiger partial charge in [-0.25, -0.2) is 0 Å². The lowest BCUT2D eigenvalue weighted by atomic mass is 9.77. The lowest BCUT2D eigenvalue weighted by Crippen LogP contribution is -2.45. The monoisotopic (exact) mass is 505 g/mol. The van der Waals surface area contributed by atoms with E-state index in [1.807, 2.05) is 19.2 Å². The molecule has 38 heavy (non-hydrogen) atoms. The molecule has 0 amide bonds. The summed E-state index contributed by atoms with van der Waals surface area (Å²) in [5.41, 5.74) is 5.40. The second kappa shape index (κ2) is 12.1. The lowest BCUT2D eigenvalue weighted by molar-refractivity contribution is 0.108. The summed E-state index contributed by atoms with van der Waals surface area (Å²) in [6.07, 6.45) is 2.37. The van der Waals surface area contributed by atoms with Gasteiger partial charge in [0.25, 0.3) is 0 Å². The summed E-state index contributed by atoms with van der Waals surface area (Å²) in [7, 11) is 1.82. The van der Waals surface area contributed by atoms with Crippen LogP contribution >= 0.6 is 0 Å². The maximum absolute atomic E-state index is 10.0. The van der Waals surface area contributed by atoms with Crippen molar-refractivity contribution in [2.75, 3.05) is 26.7 Å². The molecule has 1 heterocycles. The van der Waals surface area contributed by atoms with Crippen LogP contribution in [0, 0.1) is 0 Å². The van der Waals surface area contributed by atoms with Crippen molar-refractivity contribution in [2.24, 2.45) is 0 Å². The van der Waals surface area contributed by atoms with Crippen LogP contribution in [-0.4, -0.2) is 42.9 Å². The van der Waals surface area contributed by atoms with Gasteiger partial charge in [0.15, 0.2) is 0 Å². The van der Waals surface area contributed by atoms with Crippen molar-refractivity contribution in [3.05, 3.63) is 138 Å². The largest absolute Gasteiger partial charge is 0.491 e. The number of likely N-dealkylation sites (N-methyl/N-ethyl adjacent to an activating group) is 1. The summed E-state index contributed by atoms with van der Waals surface area (Å²) in [6.45, 7) is 1.51. The van der Waals surface area contributed by atoms with Crippen LogP contribution in [0.3, 0.4) is 0 Å². The van der Waals surface area contributed by atoms with Crippen LogP contribution in [0.1, 0.15) is 22.3 Å². The van der Waals surface area contributed by atoms with Crippen molar-refractivity contribution in [1.29, 1.82) is 0 Å². The van der Waals surface area contributed by atoms with Gasteiger partial charge in [-0.3, -0.25) is 5.32 Å². The van der Waals surface area contributed by atoms with Gasteiger partial charge in [0.1, 0.15) is 18.5 Å². The molecule has 5 rings (SSSR count). The minimum absolute atomic E-state index is 0.251. The average Bonchev–Trinajstić information content (AvgIpc) is 3.38. The Hall–Kier alpha value is -3.90. The predicted octanol–water partition coefficient (Wildman–Crippen LogP) is 5.25. The first-order chi connectivity index (χ1) is 18.7. The fraction of sp³-hybridized carbons (Fsp3) is 0.212. The van der Waals surface area contributed by atoms with Gasteiger partial charge in [-0.15, -0.1) is 0 Å². The highest BCUT2D eigenvalue weighted by molar-refractivity contribution is 5.84. The third-order valence-corrected chi connectivity index (χ3v) is 7.03. The topological polar surface area (TPSA) is 69.3 Å². The Morgan fingerprint density at radius 3 is 1.95 bits per heavy atom. The molecule has 0 saturated carbocycles. The summed E-state index contributed by atoms with van der Waals surface area (Å²) in [5, 5.41) is 18.1. The highest BCUT2D eigenvalue weighted by atomic mass is 16.5. The molecule has 0 bridgehead atoms. The van der Waals surface area contributed by atoms with Crippen molar-refractivity contribution < 1.29 is 9.84 Å². The van der Waals surface area contributed by atoms with Gasteiger partial charge in [-0.2, -0.15) is 0 Å². The number of H-pyrrole nitrogens is 1. The maximum Gasteiger partial charge on any atom is 0.120 e. The van der Waals surface area contributed by atoms with Crippen LogP contribution in [0.5, 0.6) is 5.75 Å². The quantitative estimate of drug-likeness (QED) is 0.175. The Balaban J connectivity index is 1.43. The molecule has 0 spiro atoms. The van der Waals surface area contributed by atoms with Gasteiger partial charge >= 0.3 is 0 Å². The first-order valence-corrected chi connectivity index (χ1v) is 13.2. The molecule has 194 valence electrons. The van der Waals surface area contributed by atoms with Gasteiger partial charge in [0, 0.05) is 30.2 Å². The first kappa shape index (κ1) is 25.7. The predicted molar refractivity (Wildman–Crippen MR) is 155 cm³/mol. The van der Waals surface area contributed by atoms with Crippen molar-refractivity contribution in [2.45, 2.75) is 18.1 Å². The number of hydrogen-bond donors (Lipinski definition) is 4. The van der Waals surface area contributed by atoms with Crippen LogP contribution in [-0.2, 0) is 12.0 Å². The molecule has 1 atom stereocenters. The SMILES string of the molecule is CNCC(O)COc1ccc2[nH]cc(CCNC(c3ccccc3)(c3ccccc3)c3ccccc3)c2c1. The molecule has 4 N–H and O–H groups in total. The van der Waals surface area contributed by atoms with Crippen LogP contribution in [0.25, 0.3) is 10.9 Å². The van der Waals surface area contributed by atoms with Gasteiger partial charge in [-0.1, -0.05) is 91.0 Å². The van der Waals surface area contributed by atoms with Gasteiger partial charge in [0.2, 0.25) is 0 Å². The molecule has 5 heteroatoms. The van der Waals surface area contributed by atoms with E-state index < -0.39 is 11.6 Å². The zero-order chi connectivity index (χ0) is 26.2. The fourth-order valence-electron chi connectivity index (χ4n) is 5.20. The first-order valence-electron chi connectivity index (χ1n) is 13.2. The standard InChI is InChI=1S/C33H35N3O2/c1-34-23-29(37)24-38-30-17-18-32-31(21-30)25(22-35-32)19-20-36-33(26-11-5-2-6-12-26,27-13-7-3-8-14-27)28-15-9-4-10-16-28/h2-18,21-22,29,34-37H,19-20,23-24H2,1H3. The minimum atomic E-state index is -0.548. The molecule has 0 radical (unpaired) electrons. The molecule has 0 fully saturated rings. The van der Waals surface area contributed by atoms with Gasteiger partial charge < -0.3 is 20.1 Å². The number of ether oxygens (including phenoxy) is 1. The number of aromatic amines is 1. The zero-order valence-electron chi connectivity index (χ0n) is 21.7. The summed E-state index contributed by atoms with van der Waals surface area (Å²) >= 11 is 0. The van der Waals surface area contributed by atoms with Gasteiger partial charge in [-0.05, 0) is 53.9 Å². The third kappa shape index (κ3) is 5.50. The molecule has 1 unspecified atom stereocenters. The van der Waals surface area contributed by atoms with Gasteiger partial charge in [0.05, 0.1) is 5.54 Å². The molecule has 1 aromatic heterocycles. The average molecular weight is 506 g/mol. The van der Waals surface area contributed by atoms with E-state index in [2.05, 4.69) is 119 Å². The smallest absolute Gasteiger partial charge is 0.120 e. The zero-order valence-corrected chi connectivity index (χ0v) is 21.7. The number of aliphatic hydroxyl groups excluding tert-OH is 1. The Labute approximate surface area is 224 Å². The van der Waals surface area contributed by atoms with E-state index >= 15 is 0 Å². The Bertz CT molecular complexity index is 1320. The summed E-state index contributed by atoms with van der Waals surface area (Å²) in [6, 6.07) is 38.0. The number of hydrogen-bond acceptors (Lipinski definition) is 4. The summed E-state index contributed by atoms with van der Waals surface area (Å²) in [4.78, 5) is 3.40. The van der Waals surface area contributed by atoms with E-state index in [0.29, 0.717) is 6.54 Å². The molecule has 0 aliphatic heterocycles. The second-order valence-corrected chi connectivity index (χ2v) is 9.57. The molecular formula is C33H35N3O2. The number of aliphatic hydroxyl groups is 1.